The number of benzene rings is 2. The van der Waals surface area contributed by atoms with Crippen LogP contribution in [0.15, 0.2) is 64.8 Å². The summed E-state index contributed by atoms with van der Waals surface area (Å²) < 4.78 is 20.7. The van der Waals surface area contributed by atoms with Crippen LogP contribution in [0.3, 0.4) is 0 Å². The van der Waals surface area contributed by atoms with Crippen molar-refractivity contribution in [2.24, 2.45) is 10.2 Å². The zero-order chi connectivity index (χ0) is 20.8. The fourth-order valence-corrected chi connectivity index (χ4v) is 3.05. The maximum atomic E-state index is 10.5. The summed E-state index contributed by atoms with van der Waals surface area (Å²) in [5.74, 6) is 0.828. The molecule has 2 rings (SSSR count). The zero-order valence-corrected chi connectivity index (χ0v) is 17.4. The van der Waals surface area contributed by atoms with Crippen LogP contribution >= 0.6 is 7.82 Å². The van der Waals surface area contributed by atoms with Gasteiger partial charge in [-0.05, 0) is 49.2 Å². The molecule has 0 aromatic heterocycles. The SMILES string of the molecule is O=P(O)(O)OCCCCCCCCCOc1ccc(N=Nc2ccccc2)cc1. The highest BCUT2D eigenvalue weighted by atomic mass is 31.2. The highest BCUT2D eigenvalue weighted by Crippen LogP contribution is 2.35. The first kappa shape index (κ1) is 23.2. The summed E-state index contributed by atoms with van der Waals surface area (Å²) in [5.41, 5.74) is 1.61. The van der Waals surface area contributed by atoms with Gasteiger partial charge in [-0.1, -0.05) is 50.3 Å². The van der Waals surface area contributed by atoms with E-state index in [1.54, 1.807) is 0 Å². The van der Waals surface area contributed by atoms with E-state index in [1.165, 1.54) is 0 Å². The second kappa shape index (κ2) is 13.2. The fourth-order valence-electron chi connectivity index (χ4n) is 2.68. The first-order valence-corrected chi connectivity index (χ1v) is 11.5. The van der Waals surface area contributed by atoms with E-state index in [9.17, 15) is 4.57 Å². The molecule has 0 atom stereocenters. The lowest BCUT2D eigenvalue weighted by Gasteiger charge is -2.07. The third-order valence-corrected chi connectivity index (χ3v) is 4.71. The van der Waals surface area contributed by atoms with Crippen molar-refractivity contribution in [3.63, 3.8) is 0 Å². The molecule has 0 radical (unpaired) electrons. The minimum atomic E-state index is -4.31. The highest BCUT2D eigenvalue weighted by molar-refractivity contribution is 7.46. The lowest BCUT2D eigenvalue weighted by atomic mass is 10.1. The fraction of sp³-hybridized carbons (Fsp3) is 0.429. The average Bonchev–Trinajstić information content (AvgIpc) is 2.71. The standard InChI is InChI=1S/C21H29N2O5P/c24-29(25,26)28-18-10-5-3-1-2-4-9-17-27-21-15-13-20(14-16-21)23-22-19-11-7-6-8-12-19/h6-8,11-16H,1-5,9-10,17-18H2,(H2,24,25,26). The van der Waals surface area contributed by atoms with E-state index in [0.717, 1.165) is 55.6 Å². The summed E-state index contributed by atoms with van der Waals surface area (Å²) in [6, 6.07) is 17.2. The maximum absolute atomic E-state index is 10.5. The van der Waals surface area contributed by atoms with Gasteiger partial charge in [-0.2, -0.15) is 10.2 Å². The smallest absolute Gasteiger partial charge is 0.469 e. The van der Waals surface area contributed by atoms with Crippen LogP contribution in [0.1, 0.15) is 44.9 Å². The Labute approximate surface area is 172 Å². The third-order valence-electron chi connectivity index (χ3n) is 4.19. The van der Waals surface area contributed by atoms with Crippen LogP contribution in [0.25, 0.3) is 0 Å². The Kier molecular flexibility index (Phi) is 10.6. The van der Waals surface area contributed by atoms with Gasteiger partial charge in [0.2, 0.25) is 0 Å². The molecule has 0 saturated heterocycles. The molecule has 0 aliphatic heterocycles. The molecule has 0 amide bonds. The van der Waals surface area contributed by atoms with Gasteiger partial charge in [0.1, 0.15) is 5.75 Å². The number of phosphoric ester groups is 1. The molecular formula is C21H29N2O5P. The van der Waals surface area contributed by atoms with Crippen molar-refractivity contribution in [2.75, 3.05) is 13.2 Å². The van der Waals surface area contributed by atoms with Gasteiger partial charge in [-0.3, -0.25) is 4.52 Å². The van der Waals surface area contributed by atoms with Crippen molar-refractivity contribution >= 4 is 19.2 Å². The number of phosphoric acid groups is 1. The molecule has 0 aliphatic carbocycles. The Balaban J connectivity index is 1.49. The molecule has 0 bridgehead atoms. The predicted octanol–water partition coefficient (Wildman–Crippen LogP) is 6.32. The van der Waals surface area contributed by atoms with E-state index < -0.39 is 7.82 Å². The number of ether oxygens (including phenoxy) is 1. The largest absolute Gasteiger partial charge is 0.494 e. The van der Waals surface area contributed by atoms with Crippen LogP contribution < -0.4 is 4.74 Å². The molecule has 0 heterocycles. The normalized spacial score (nSPS) is 11.8. The molecule has 2 N–H and O–H groups in total. The maximum Gasteiger partial charge on any atom is 0.469 e. The van der Waals surface area contributed by atoms with Crippen LogP contribution in [0.2, 0.25) is 0 Å². The van der Waals surface area contributed by atoms with Crippen LogP contribution in [-0.2, 0) is 9.09 Å². The summed E-state index contributed by atoms with van der Waals surface area (Å²) in [6.45, 7) is 0.797. The van der Waals surface area contributed by atoms with Crippen molar-refractivity contribution < 1.29 is 23.6 Å². The quantitative estimate of drug-likeness (QED) is 0.212. The van der Waals surface area contributed by atoms with E-state index in [4.69, 9.17) is 14.5 Å². The van der Waals surface area contributed by atoms with Gasteiger partial charge < -0.3 is 14.5 Å². The second-order valence-electron chi connectivity index (χ2n) is 6.68. The monoisotopic (exact) mass is 420 g/mol. The van der Waals surface area contributed by atoms with Gasteiger partial charge in [-0.15, -0.1) is 0 Å². The lowest BCUT2D eigenvalue weighted by molar-refractivity contribution is 0.193. The Morgan fingerprint density at radius 3 is 1.79 bits per heavy atom. The summed E-state index contributed by atoms with van der Waals surface area (Å²) >= 11 is 0. The Morgan fingerprint density at radius 1 is 0.690 bits per heavy atom. The number of azo groups is 1. The second-order valence-corrected chi connectivity index (χ2v) is 7.92. The van der Waals surface area contributed by atoms with Crippen LogP contribution in [0.4, 0.5) is 11.4 Å². The van der Waals surface area contributed by atoms with E-state index in [2.05, 4.69) is 14.8 Å². The molecule has 0 saturated carbocycles. The average molecular weight is 420 g/mol. The molecule has 0 aliphatic rings. The number of nitrogens with zero attached hydrogens (tertiary/aromatic N) is 2. The van der Waals surface area contributed by atoms with Crippen molar-refractivity contribution in [3.8, 4) is 5.75 Å². The number of hydrogen-bond donors (Lipinski definition) is 2. The highest BCUT2D eigenvalue weighted by Gasteiger charge is 2.12. The number of unbranched alkanes of at least 4 members (excludes halogenated alkanes) is 6. The van der Waals surface area contributed by atoms with Gasteiger partial charge in [0, 0.05) is 0 Å². The molecule has 0 unspecified atom stereocenters. The Bertz CT molecular complexity index is 762. The minimum Gasteiger partial charge on any atom is -0.494 e. The van der Waals surface area contributed by atoms with Gasteiger partial charge in [0.15, 0.2) is 0 Å². The molecule has 2 aromatic rings. The molecular weight excluding hydrogens is 391 g/mol. The lowest BCUT2D eigenvalue weighted by Crippen LogP contribution is -1.97. The Hall–Kier alpha value is -2.05. The summed E-state index contributed by atoms with van der Waals surface area (Å²) in [5, 5.41) is 8.40. The third kappa shape index (κ3) is 11.5. The topological polar surface area (TPSA) is 101 Å². The Morgan fingerprint density at radius 2 is 1.21 bits per heavy atom. The van der Waals surface area contributed by atoms with Crippen LogP contribution in [0, 0.1) is 0 Å². The molecule has 7 nitrogen and oxygen atoms in total. The van der Waals surface area contributed by atoms with Crippen LogP contribution in [-0.4, -0.2) is 23.0 Å². The molecule has 29 heavy (non-hydrogen) atoms. The van der Waals surface area contributed by atoms with E-state index >= 15 is 0 Å². The number of rotatable bonds is 14. The van der Waals surface area contributed by atoms with Crippen molar-refractivity contribution in [1.29, 1.82) is 0 Å². The molecule has 2 aromatic carbocycles. The number of hydrogen-bond acceptors (Lipinski definition) is 5. The first-order chi connectivity index (χ1) is 14.0. The summed E-state index contributed by atoms with van der Waals surface area (Å²) in [4.78, 5) is 17.1. The summed E-state index contributed by atoms with van der Waals surface area (Å²) in [6.07, 6.45) is 6.97. The predicted molar refractivity (Wildman–Crippen MR) is 113 cm³/mol. The van der Waals surface area contributed by atoms with Gasteiger partial charge in [-0.25, -0.2) is 4.57 Å². The van der Waals surface area contributed by atoms with Crippen molar-refractivity contribution in [1.82, 2.24) is 0 Å². The molecule has 158 valence electrons. The summed E-state index contributed by atoms with van der Waals surface area (Å²) in [7, 11) is -4.31. The van der Waals surface area contributed by atoms with Crippen LogP contribution in [0.5, 0.6) is 5.75 Å². The first-order valence-electron chi connectivity index (χ1n) is 9.93. The van der Waals surface area contributed by atoms with E-state index in [0.29, 0.717) is 13.0 Å². The van der Waals surface area contributed by atoms with Gasteiger partial charge in [0.05, 0.1) is 24.6 Å². The van der Waals surface area contributed by atoms with Crippen molar-refractivity contribution in [3.05, 3.63) is 54.6 Å². The molecule has 0 spiro atoms. The van der Waals surface area contributed by atoms with Gasteiger partial charge >= 0.3 is 7.82 Å². The molecule has 0 fully saturated rings. The van der Waals surface area contributed by atoms with E-state index in [1.807, 2.05) is 54.6 Å². The zero-order valence-electron chi connectivity index (χ0n) is 16.5. The van der Waals surface area contributed by atoms with Crippen molar-refractivity contribution in [2.45, 2.75) is 44.9 Å². The molecule has 8 heteroatoms. The van der Waals surface area contributed by atoms with E-state index in [-0.39, 0.29) is 6.61 Å². The van der Waals surface area contributed by atoms with Gasteiger partial charge in [0.25, 0.3) is 0 Å². The minimum absolute atomic E-state index is 0.116.